The number of aromatic nitrogens is 2. The van der Waals surface area contributed by atoms with E-state index >= 15 is 0 Å². The van der Waals surface area contributed by atoms with E-state index in [0.717, 1.165) is 22.5 Å². The minimum absolute atomic E-state index is 0.0306. The summed E-state index contributed by atoms with van der Waals surface area (Å²) >= 11 is 6.30. The van der Waals surface area contributed by atoms with Crippen LogP contribution in [-0.2, 0) is 16.1 Å². The Labute approximate surface area is 157 Å². The van der Waals surface area contributed by atoms with Crippen LogP contribution in [0.25, 0.3) is 11.0 Å². The van der Waals surface area contributed by atoms with Gasteiger partial charge in [-0.2, -0.15) is 0 Å². The molecular weight excluding hydrogens is 350 g/mol. The number of anilines is 1. The first-order valence-electron chi connectivity index (χ1n) is 8.68. The standard InChI is InChI=1S/C20H20ClN3O2/c1-26-11-10-23-18-9-5-3-7-16(18)22-20(23)14-12-19(25)24(13-14)17-8-4-2-6-15(17)21/h2-9,14H,10-13H2,1H3/t14-/m0/s1. The summed E-state index contributed by atoms with van der Waals surface area (Å²) in [6.45, 7) is 1.89. The third-order valence-corrected chi connectivity index (χ3v) is 5.16. The lowest BCUT2D eigenvalue weighted by atomic mass is 10.1. The van der Waals surface area contributed by atoms with E-state index in [1.54, 1.807) is 12.0 Å². The van der Waals surface area contributed by atoms with Crippen molar-refractivity contribution in [2.45, 2.75) is 18.9 Å². The molecule has 1 aromatic heterocycles. The van der Waals surface area contributed by atoms with Crippen LogP contribution in [0.1, 0.15) is 18.2 Å². The predicted molar refractivity (Wildman–Crippen MR) is 103 cm³/mol. The quantitative estimate of drug-likeness (QED) is 0.686. The van der Waals surface area contributed by atoms with Crippen molar-refractivity contribution in [3.05, 3.63) is 59.4 Å². The van der Waals surface area contributed by atoms with Crippen LogP contribution in [0.2, 0.25) is 5.02 Å². The maximum Gasteiger partial charge on any atom is 0.227 e. The Balaban J connectivity index is 1.70. The summed E-state index contributed by atoms with van der Waals surface area (Å²) in [5, 5.41) is 0.592. The van der Waals surface area contributed by atoms with Gasteiger partial charge in [-0.05, 0) is 24.3 Å². The SMILES string of the molecule is COCCn1c([C@H]2CC(=O)N(c3ccccc3Cl)C2)nc2ccccc21. The van der Waals surface area contributed by atoms with Gasteiger partial charge in [0.25, 0.3) is 0 Å². The fourth-order valence-electron chi connectivity index (χ4n) is 3.61. The number of rotatable bonds is 5. The molecule has 6 heteroatoms. The highest BCUT2D eigenvalue weighted by Crippen LogP contribution is 2.35. The molecule has 0 spiro atoms. The van der Waals surface area contributed by atoms with Crippen LogP contribution in [-0.4, -0.2) is 35.7 Å². The first-order valence-corrected chi connectivity index (χ1v) is 9.06. The number of carbonyl (C=O) groups is 1. The van der Waals surface area contributed by atoms with Crippen molar-refractivity contribution in [2.24, 2.45) is 0 Å². The zero-order valence-corrected chi connectivity index (χ0v) is 15.3. The van der Waals surface area contributed by atoms with Crippen molar-refractivity contribution in [1.82, 2.24) is 9.55 Å². The number of amides is 1. The summed E-state index contributed by atoms with van der Waals surface area (Å²) in [7, 11) is 1.69. The molecule has 134 valence electrons. The van der Waals surface area contributed by atoms with E-state index in [1.165, 1.54) is 0 Å². The summed E-state index contributed by atoms with van der Waals surface area (Å²) in [6, 6.07) is 15.5. The molecule has 0 saturated carbocycles. The molecule has 0 aliphatic carbocycles. The van der Waals surface area contributed by atoms with Crippen LogP contribution in [0.4, 0.5) is 5.69 Å². The number of carbonyl (C=O) groups excluding carboxylic acids is 1. The maximum atomic E-state index is 12.7. The van der Waals surface area contributed by atoms with E-state index in [2.05, 4.69) is 10.6 Å². The number of imidazole rings is 1. The van der Waals surface area contributed by atoms with Crippen LogP contribution >= 0.6 is 11.6 Å². The zero-order chi connectivity index (χ0) is 18.1. The highest BCUT2D eigenvalue weighted by molar-refractivity contribution is 6.33. The van der Waals surface area contributed by atoms with Crippen LogP contribution in [0.3, 0.4) is 0 Å². The Kier molecular flexibility index (Phi) is 4.66. The molecule has 3 aromatic rings. The zero-order valence-electron chi connectivity index (χ0n) is 14.6. The number of hydrogen-bond acceptors (Lipinski definition) is 3. The fourth-order valence-corrected chi connectivity index (χ4v) is 3.85. The maximum absolute atomic E-state index is 12.7. The number of hydrogen-bond donors (Lipinski definition) is 0. The van der Waals surface area contributed by atoms with Gasteiger partial charge in [-0.3, -0.25) is 4.79 Å². The number of para-hydroxylation sites is 3. The van der Waals surface area contributed by atoms with Gasteiger partial charge in [0.1, 0.15) is 5.82 Å². The van der Waals surface area contributed by atoms with Crippen molar-refractivity contribution in [2.75, 3.05) is 25.2 Å². The molecule has 0 N–H and O–H groups in total. The topological polar surface area (TPSA) is 47.4 Å². The largest absolute Gasteiger partial charge is 0.383 e. The predicted octanol–water partition coefficient (Wildman–Crippen LogP) is 3.86. The lowest BCUT2D eigenvalue weighted by Crippen LogP contribution is -2.25. The molecule has 2 aromatic carbocycles. The fraction of sp³-hybridized carbons (Fsp3) is 0.300. The van der Waals surface area contributed by atoms with Gasteiger partial charge >= 0.3 is 0 Å². The lowest BCUT2D eigenvalue weighted by molar-refractivity contribution is -0.117. The average molecular weight is 370 g/mol. The van der Waals surface area contributed by atoms with E-state index in [1.807, 2.05) is 42.5 Å². The van der Waals surface area contributed by atoms with Gasteiger partial charge in [0.2, 0.25) is 5.91 Å². The smallest absolute Gasteiger partial charge is 0.227 e. The molecule has 1 aliphatic rings. The van der Waals surface area contributed by atoms with Gasteiger partial charge in [-0.1, -0.05) is 35.9 Å². The number of methoxy groups -OCH3 is 1. The van der Waals surface area contributed by atoms with Gasteiger partial charge in [0.05, 0.1) is 28.4 Å². The number of benzene rings is 2. The third-order valence-electron chi connectivity index (χ3n) is 4.84. The second-order valence-electron chi connectivity index (χ2n) is 6.46. The van der Waals surface area contributed by atoms with Gasteiger partial charge in [-0.15, -0.1) is 0 Å². The van der Waals surface area contributed by atoms with E-state index in [9.17, 15) is 4.79 Å². The van der Waals surface area contributed by atoms with Crippen LogP contribution in [0.15, 0.2) is 48.5 Å². The summed E-state index contributed by atoms with van der Waals surface area (Å²) in [5.41, 5.74) is 2.78. The molecule has 5 nitrogen and oxygen atoms in total. The molecule has 1 atom stereocenters. The van der Waals surface area contributed by atoms with E-state index in [0.29, 0.717) is 31.1 Å². The van der Waals surface area contributed by atoms with Crippen LogP contribution < -0.4 is 4.90 Å². The Morgan fingerprint density at radius 3 is 2.77 bits per heavy atom. The molecule has 0 unspecified atom stereocenters. The molecule has 0 radical (unpaired) electrons. The first-order chi connectivity index (χ1) is 12.7. The summed E-state index contributed by atoms with van der Waals surface area (Å²) in [6.07, 6.45) is 0.432. The van der Waals surface area contributed by atoms with Crippen molar-refractivity contribution in [3.63, 3.8) is 0 Å². The number of fused-ring (bicyclic) bond motifs is 1. The summed E-state index contributed by atoms with van der Waals surface area (Å²) < 4.78 is 7.44. The molecule has 2 heterocycles. The Hall–Kier alpha value is -2.37. The lowest BCUT2D eigenvalue weighted by Gasteiger charge is -2.18. The Morgan fingerprint density at radius 1 is 1.19 bits per heavy atom. The average Bonchev–Trinajstić information content (AvgIpc) is 3.21. The summed E-state index contributed by atoms with van der Waals surface area (Å²) in [5.74, 6) is 1.04. The second kappa shape index (κ2) is 7.09. The second-order valence-corrected chi connectivity index (χ2v) is 6.87. The van der Waals surface area contributed by atoms with Gasteiger partial charge in [0, 0.05) is 32.5 Å². The van der Waals surface area contributed by atoms with Gasteiger partial charge in [-0.25, -0.2) is 4.98 Å². The Bertz CT molecular complexity index is 953. The van der Waals surface area contributed by atoms with Crippen molar-refractivity contribution in [1.29, 1.82) is 0 Å². The highest BCUT2D eigenvalue weighted by atomic mass is 35.5. The van der Waals surface area contributed by atoms with E-state index in [4.69, 9.17) is 21.3 Å². The van der Waals surface area contributed by atoms with Crippen molar-refractivity contribution >= 4 is 34.2 Å². The van der Waals surface area contributed by atoms with Crippen LogP contribution in [0.5, 0.6) is 0 Å². The van der Waals surface area contributed by atoms with E-state index in [-0.39, 0.29) is 11.8 Å². The number of nitrogens with zero attached hydrogens (tertiary/aromatic N) is 3. The molecule has 1 amide bonds. The summed E-state index contributed by atoms with van der Waals surface area (Å²) in [4.78, 5) is 19.3. The van der Waals surface area contributed by atoms with Gasteiger partial charge in [0.15, 0.2) is 0 Å². The molecule has 0 bridgehead atoms. The molecule has 4 rings (SSSR count). The minimum Gasteiger partial charge on any atom is -0.383 e. The molecular formula is C20H20ClN3O2. The van der Waals surface area contributed by atoms with Gasteiger partial charge < -0.3 is 14.2 Å². The monoisotopic (exact) mass is 369 g/mol. The van der Waals surface area contributed by atoms with Crippen LogP contribution in [0, 0.1) is 0 Å². The van der Waals surface area contributed by atoms with Crippen molar-refractivity contribution < 1.29 is 9.53 Å². The normalized spacial score (nSPS) is 17.4. The van der Waals surface area contributed by atoms with E-state index < -0.39 is 0 Å². The molecule has 1 saturated heterocycles. The molecule has 1 aliphatic heterocycles. The van der Waals surface area contributed by atoms with Crippen molar-refractivity contribution in [3.8, 4) is 0 Å². The first kappa shape index (κ1) is 17.1. The highest BCUT2D eigenvalue weighted by Gasteiger charge is 2.35. The molecule has 26 heavy (non-hydrogen) atoms. The number of ether oxygens (including phenoxy) is 1. The third kappa shape index (κ3) is 2.97. The Morgan fingerprint density at radius 2 is 1.96 bits per heavy atom. The minimum atomic E-state index is 0.0306. The number of halogens is 1. The molecule has 1 fully saturated rings.